The molecule has 0 aliphatic rings. The molecule has 0 bridgehead atoms. The molecule has 2 atom stereocenters. The summed E-state index contributed by atoms with van der Waals surface area (Å²) < 4.78 is 18.8. The van der Waals surface area contributed by atoms with E-state index in [4.69, 9.17) is 4.74 Å². The van der Waals surface area contributed by atoms with Crippen LogP contribution in [0.15, 0.2) is 18.2 Å². The predicted octanol–water partition coefficient (Wildman–Crippen LogP) is 3.13. The summed E-state index contributed by atoms with van der Waals surface area (Å²) in [5, 5.41) is 12.4. The van der Waals surface area contributed by atoms with Crippen molar-refractivity contribution in [2.24, 2.45) is 0 Å². The van der Waals surface area contributed by atoms with E-state index in [1.165, 1.54) is 12.1 Å². The summed E-state index contributed by atoms with van der Waals surface area (Å²) in [5.41, 5.74) is -0.344. The summed E-state index contributed by atoms with van der Waals surface area (Å²) in [5.74, 6) is -0.637. The zero-order valence-electron chi connectivity index (χ0n) is 13.1. The Balaban J connectivity index is 2.73. The molecule has 0 spiro atoms. The average Bonchev–Trinajstić information content (AvgIpc) is 2.39. The van der Waals surface area contributed by atoms with Crippen LogP contribution in [0.25, 0.3) is 0 Å². The zero-order chi connectivity index (χ0) is 16.0. The lowest BCUT2D eigenvalue weighted by molar-refractivity contribution is -0.145. The highest BCUT2D eigenvalue weighted by atomic mass is 19.1. The lowest BCUT2D eigenvalue weighted by atomic mass is 9.94. The highest BCUT2D eigenvalue weighted by Crippen LogP contribution is 2.23. The third kappa shape index (κ3) is 5.01. The highest BCUT2D eigenvalue weighted by Gasteiger charge is 2.34. The van der Waals surface area contributed by atoms with E-state index in [0.717, 1.165) is 6.42 Å². The first-order chi connectivity index (χ1) is 9.78. The Labute approximate surface area is 125 Å². The number of aliphatic carboxylic acids is 1. The number of carboxylic acid groups (broad SMARTS) is 1. The Morgan fingerprint density at radius 1 is 1.52 bits per heavy atom. The van der Waals surface area contributed by atoms with Crippen molar-refractivity contribution < 1.29 is 19.0 Å². The summed E-state index contributed by atoms with van der Waals surface area (Å²) >= 11 is 0. The lowest BCUT2D eigenvalue weighted by Crippen LogP contribution is -2.52. The van der Waals surface area contributed by atoms with Crippen LogP contribution in [-0.4, -0.2) is 29.3 Å². The maximum absolute atomic E-state index is 13.1. The van der Waals surface area contributed by atoms with Gasteiger partial charge in [0.2, 0.25) is 0 Å². The van der Waals surface area contributed by atoms with Crippen LogP contribution < -0.4 is 10.1 Å². The van der Waals surface area contributed by atoms with Crippen molar-refractivity contribution in [1.29, 1.82) is 0 Å². The second-order valence-corrected chi connectivity index (χ2v) is 5.61. The van der Waals surface area contributed by atoms with Crippen LogP contribution in [0.3, 0.4) is 0 Å². The number of hydrogen-bond acceptors (Lipinski definition) is 3. The molecule has 1 aromatic rings. The van der Waals surface area contributed by atoms with Gasteiger partial charge in [-0.15, -0.1) is 0 Å². The zero-order valence-corrected chi connectivity index (χ0v) is 13.1. The first kappa shape index (κ1) is 17.4. The van der Waals surface area contributed by atoms with Gasteiger partial charge in [-0.3, -0.25) is 4.79 Å². The van der Waals surface area contributed by atoms with Gasteiger partial charge in [0.25, 0.3) is 0 Å². The summed E-state index contributed by atoms with van der Waals surface area (Å²) in [7, 11) is 0. The molecule has 21 heavy (non-hydrogen) atoms. The van der Waals surface area contributed by atoms with Crippen LogP contribution in [0.2, 0.25) is 0 Å². The molecule has 0 amide bonds. The standard InChI is InChI=1S/C16H24FNO3/c1-5-8-18-16(4,15(19)20)10-12(3)21-14-7-6-13(17)9-11(14)2/h6-7,9,12,18H,5,8,10H2,1-4H3,(H,19,20). The number of aryl methyl sites for hydroxylation is 1. The number of nitrogens with one attached hydrogen (secondary N) is 1. The maximum Gasteiger partial charge on any atom is 0.323 e. The quantitative estimate of drug-likeness (QED) is 0.774. The van der Waals surface area contributed by atoms with Gasteiger partial charge in [0.05, 0.1) is 6.10 Å². The molecule has 0 saturated carbocycles. The van der Waals surface area contributed by atoms with E-state index in [2.05, 4.69) is 5.32 Å². The minimum absolute atomic E-state index is 0.306. The Morgan fingerprint density at radius 3 is 2.71 bits per heavy atom. The van der Waals surface area contributed by atoms with E-state index in [-0.39, 0.29) is 11.9 Å². The van der Waals surface area contributed by atoms with E-state index in [1.807, 2.05) is 13.8 Å². The molecule has 1 aromatic carbocycles. The van der Waals surface area contributed by atoms with Crippen molar-refractivity contribution in [1.82, 2.24) is 5.32 Å². The van der Waals surface area contributed by atoms with E-state index in [1.54, 1.807) is 19.9 Å². The van der Waals surface area contributed by atoms with Gasteiger partial charge in [0.1, 0.15) is 17.1 Å². The van der Waals surface area contributed by atoms with Gasteiger partial charge < -0.3 is 15.2 Å². The minimum Gasteiger partial charge on any atom is -0.490 e. The van der Waals surface area contributed by atoms with Gasteiger partial charge in [-0.25, -0.2) is 4.39 Å². The fourth-order valence-corrected chi connectivity index (χ4v) is 2.21. The van der Waals surface area contributed by atoms with Crippen molar-refractivity contribution in [3.63, 3.8) is 0 Å². The van der Waals surface area contributed by atoms with Gasteiger partial charge in [-0.2, -0.15) is 0 Å². The Hall–Kier alpha value is -1.62. The summed E-state index contributed by atoms with van der Waals surface area (Å²) in [4.78, 5) is 11.5. The van der Waals surface area contributed by atoms with Crippen LogP contribution in [0.1, 0.15) is 39.2 Å². The van der Waals surface area contributed by atoms with E-state index in [9.17, 15) is 14.3 Å². The molecule has 0 saturated heterocycles. The Morgan fingerprint density at radius 2 is 2.19 bits per heavy atom. The van der Waals surface area contributed by atoms with Gasteiger partial charge >= 0.3 is 5.97 Å². The predicted molar refractivity (Wildman–Crippen MR) is 80.2 cm³/mol. The van der Waals surface area contributed by atoms with E-state index < -0.39 is 11.5 Å². The third-order valence-corrected chi connectivity index (χ3v) is 3.40. The molecule has 0 aromatic heterocycles. The first-order valence-corrected chi connectivity index (χ1v) is 7.19. The van der Waals surface area contributed by atoms with Crippen LogP contribution >= 0.6 is 0 Å². The van der Waals surface area contributed by atoms with Gasteiger partial charge in [0.15, 0.2) is 0 Å². The third-order valence-electron chi connectivity index (χ3n) is 3.40. The summed E-state index contributed by atoms with van der Waals surface area (Å²) in [6, 6.07) is 4.30. The Bertz CT molecular complexity index is 492. The van der Waals surface area contributed by atoms with Crippen LogP contribution in [0.4, 0.5) is 4.39 Å². The van der Waals surface area contributed by atoms with Crippen molar-refractivity contribution in [2.45, 2.75) is 52.2 Å². The van der Waals surface area contributed by atoms with Crippen LogP contribution in [-0.2, 0) is 4.79 Å². The monoisotopic (exact) mass is 297 g/mol. The number of rotatable bonds is 8. The van der Waals surface area contributed by atoms with Crippen molar-refractivity contribution >= 4 is 5.97 Å². The number of carboxylic acids is 1. The SMILES string of the molecule is CCCNC(C)(CC(C)Oc1ccc(F)cc1C)C(=O)O. The molecule has 1 rings (SSSR count). The minimum atomic E-state index is -1.04. The maximum atomic E-state index is 13.1. The molecular weight excluding hydrogens is 273 g/mol. The van der Waals surface area contributed by atoms with Crippen LogP contribution in [0, 0.1) is 12.7 Å². The molecule has 0 heterocycles. The fourth-order valence-electron chi connectivity index (χ4n) is 2.21. The second kappa shape index (κ2) is 7.41. The molecule has 0 radical (unpaired) electrons. The number of carbonyl (C=O) groups is 1. The molecule has 118 valence electrons. The fraction of sp³-hybridized carbons (Fsp3) is 0.562. The van der Waals surface area contributed by atoms with Gasteiger partial charge in [-0.1, -0.05) is 6.92 Å². The molecule has 5 heteroatoms. The van der Waals surface area contributed by atoms with E-state index in [0.29, 0.717) is 24.3 Å². The lowest BCUT2D eigenvalue weighted by Gasteiger charge is -2.29. The smallest absolute Gasteiger partial charge is 0.323 e. The topological polar surface area (TPSA) is 58.6 Å². The first-order valence-electron chi connectivity index (χ1n) is 7.19. The highest BCUT2D eigenvalue weighted by molar-refractivity contribution is 5.78. The molecule has 0 fully saturated rings. The number of benzene rings is 1. The van der Waals surface area contributed by atoms with E-state index >= 15 is 0 Å². The van der Waals surface area contributed by atoms with Crippen LogP contribution in [0.5, 0.6) is 5.75 Å². The molecule has 4 nitrogen and oxygen atoms in total. The van der Waals surface area contributed by atoms with Crippen molar-refractivity contribution in [3.8, 4) is 5.75 Å². The molecule has 2 N–H and O–H groups in total. The summed E-state index contributed by atoms with van der Waals surface area (Å²) in [6.45, 7) is 7.85. The normalized spacial score (nSPS) is 15.3. The largest absolute Gasteiger partial charge is 0.490 e. The number of hydrogen-bond donors (Lipinski definition) is 2. The van der Waals surface area contributed by atoms with Crippen molar-refractivity contribution in [3.05, 3.63) is 29.6 Å². The van der Waals surface area contributed by atoms with Gasteiger partial charge in [-0.05, 0) is 57.5 Å². The second-order valence-electron chi connectivity index (χ2n) is 5.61. The average molecular weight is 297 g/mol. The molecule has 2 unspecified atom stereocenters. The number of halogens is 1. The molecular formula is C16H24FNO3. The number of ether oxygens (including phenoxy) is 1. The summed E-state index contributed by atoms with van der Waals surface area (Å²) in [6.07, 6.45) is 0.869. The molecule has 0 aliphatic heterocycles. The molecule has 0 aliphatic carbocycles. The Kier molecular flexibility index (Phi) is 6.15. The van der Waals surface area contributed by atoms with Crippen molar-refractivity contribution in [2.75, 3.05) is 6.54 Å². The van der Waals surface area contributed by atoms with Gasteiger partial charge in [0, 0.05) is 6.42 Å².